The van der Waals surface area contributed by atoms with Gasteiger partial charge in [0.1, 0.15) is 0 Å². The summed E-state index contributed by atoms with van der Waals surface area (Å²) >= 11 is 0. The molecule has 1 rings (SSSR count). The molecule has 0 aromatic heterocycles. The van der Waals surface area contributed by atoms with Gasteiger partial charge in [0.2, 0.25) is 0 Å². The number of amides is 2. The average molecular weight is 213 g/mol. The molecule has 1 aliphatic rings. The van der Waals surface area contributed by atoms with Crippen LogP contribution >= 0.6 is 0 Å². The lowest BCUT2D eigenvalue weighted by Gasteiger charge is -2.33. The third kappa shape index (κ3) is 2.84. The van der Waals surface area contributed by atoms with Crippen LogP contribution in [0.4, 0.5) is 4.79 Å². The average Bonchev–Trinajstić information content (AvgIpc) is 2.46. The SMILES string of the molecule is CC(C)CC1CN(C(C)(C)CN)C(=O)N1. The predicted octanol–water partition coefficient (Wildman–Crippen LogP) is 1.16. The second-order valence-electron chi connectivity index (χ2n) is 5.40. The largest absolute Gasteiger partial charge is 0.333 e. The molecule has 4 heteroatoms. The van der Waals surface area contributed by atoms with E-state index in [0.29, 0.717) is 12.5 Å². The van der Waals surface area contributed by atoms with Gasteiger partial charge in [-0.05, 0) is 26.2 Å². The molecule has 0 radical (unpaired) electrons. The normalized spacial score (nSPS) is 22.4. The Morgan fingerprint density at radius 3 is 2.67 bits per heavy atom. The van der Waals surface area contributed by atoms with E-state index in [0.717, 1.165) is 13.0 Å². The van der Waals surface area contributed by atoms with Crippen molar-refractivity contribution in [3.05, 3.63) is 0 Å². The first-order valence-electron chi connectivity index (χ1n) is 5.65. The molecular formula is C11H23N3O. The van der Waals surface area contributed by atoms with Gasteiger partial charge >= 0.3 is 6.03 Å². The van der Waals surface area contributed by atoms with Gasteiger partial charge in [-0.15, -0.1) is 0 Å². The predicted molar refractivity (Wildman–Crippen MR) is 61.6 cm³/mol. The molecule has 1 atom stereocenters. The Hall–Kier alpha value is -0.770. The molecule has 1 aliphatic heterocycles. The monoisotopic (exact) mass is 213 g/mol. The first kappa shape index (κ1) is 12.3. The molecule has 1 fully saturated rings. The zero-order valence-electron chi connectivity index (χ0n) is 10.2. The fourth-order valence-electron chi connectivity index (χ4n) is 1.94. The number of carbonyl (C=O) groups is 1. The maximum Gasteiger partial charge on any atom is 0.318 e. The third-order valence-corrected chi connectivity index (χ3v) is 2.96. The standard InChI is InChI=1S/C11H23N3O/c1-8(2)5-9-6-14(10(15)13-9)11(3,4)7-12/h8-9H,5-7,12H2,1-4H3,(H,13,15). The third-order valence-electron chi connectivity index (χ3n) is 2.96. The molecule has 4 nitrogen and oxygen atoms in total. The highest BCUT2D eigenvalue weighted by Crippen LogP contribution is 2.20. The van der Waals surface area contributed by atoms with Crippen LogP contribution in [0.3, 0.4) is 0 Å². The minimum Gasteiger partial charge on any atom is -0.333 e. The van der Waals surface area contributed by atoms with Gasteiger partial charge in [0.05, 0.1) is 5.54 Å². The van der Waals surface area contributed by atoms with E-state index in [1.807, 2.05) is 18.7 Å². The molecule has 3 N–H and O–H groups in total. The summed E-state index contributed by atoms with van der Waals surface area (Å²) in [6.07, 6.45) is 1.03. The van der Waals surface area contributed by atoms with Crippen molar-refractivity contribution in [2.45, 2.75) is 45.7 Å². The van der Waals surface area contributed by atoms with Crippen LogP contribution in [-0.4, -0.2) is 35.6 Å². The number of hydrogen-bond acceptors (Lipinski definition) is 2. The van der Waals surface area contributed by atoms with Crippen LogP contribution in [0.15, 0.2) is 0 Å². The molecule has 0 saturated carbocycles. The summed E-state index contributed by atoms with van der Waals surface area (Å²) in [6, 6.07) is 0.305. The van der Waals surface area contributed by atoms with E-state index in [9.17, 15) is 4.79 Å². The molecule has 0 aromatic carbocycles. The Labute approximate surface area is 92.2 Å². The zero-order valence-corrected chi connectivity index (χ0v) is 10.2. The summed E-state index contributed by atoms with van der Waals surface area (Å²) in [7, 11) is 0. The lowest BCUT2D eigenvalue weighted by Crippen LogP contribution is -2.50. The molecular weight excluding hydrogens is 190 g/mol. The minimum absolute atomic E-state index is 0.0242. The van der Waals surface area contributed by atoms with Gasteiger partial charge in [-0.1, -0.05) is 13.8 Å². The maximum atomic E-state index is 11.7. The van der Waals surface area contributed by atoms with Crippen molar-refractivity contribution in [1.82, 2.24) is 10.2 Å². The van der Waals surface area contributed by atoms with Crippen LogP contribution < -0.4 is 11.1 Å². The molecule has 2 amide bonds. The highest BCUT2D eigenvalue weighted by molar-refractivity contribution is 5.77. The smallest absolute Gasteiger partial charge is 0.318 e. The van der Waals surface area contributed by atoms with Crippen molar-refractivity contribution in [3.63, 3.8) is 0 Å². The van der Waals surface area contributed by atoms with Crippen molar-refractivity contribution >= 4 is 6.03 Å². The Morgan fingerprint density at radius 1 is 1.60 bits per heavy atom. The number of urea groups is 1. The Balaban J connectivity index is 2.60. The van der Waals surface area contributed by atoms with Crippen molar-refractivity contribution in [3.8, 4) is 0 Å². The molecule has 0 bridgehead atoms. The van der Waals surface area contributed by atoms with E-state index < -0.39 is 0 Å². The summed E-state index contributed by atoms with van der Waals surface area (Å²) in [5, 5.41) is 3.01. The van der Waals surface area contributed by atoms with Crippen LogP contribution in [0.2, 0.25) is 0 Å². The Bertz CT molecular complexity index is 238. The van der Waals surface area contributed by atoms with Gasteiger partial charge in [0.15, 0.2) is 0 Å². The number of nitrogens with two attached hydrogens (primary N) is 1. The van der Waals surface area contributed by atoms with Crippen LogP contribution in [0.1, 0.15) is 34.1 Å². The molecule has 1 saturated heterocycles. The lowest BCUT2D eigenvalue weighted by molar-refractivity contribution is 0.162. The van der Waals surface area contributed by atoms with Crippen molar-refractivity contribution in [1.29, 1.82) is 0 Å². The van der Waals surface area contributed by atoms with Crippen molar-refractivity contribution < 1.29 is 4.79 Å². The van der Waals surface area contributed by atoms with E-state index in [1.54, 1.807) is 0 Å². The Morgan fingerprint density at radius 2 is 2.20 bits per heavy atom. The van der Waals surface area contributed by atoms with Crippen molar-refractivity contribution in [2.24, 2.45) is 11.7 Å². The minimum atomic E-state index is -0.240. The quantitative estimate of drug-likeness (QED) is 0.736. The zero-order chi connectivity index (χ0) is 11.6. The molecule has 0 aromatic rings. The molecule has 1 heterocycles. The van der Waals surface area contributed by atoms with Crippen LogP contribution in [-0.2, 0) is 0 Å². The summed E-state index contributed by atoms with van der Waals surface area (Å²) < 4.78 is 0. The first-order valence-corrected chi connectivity index (χ1v) is 5.65. The number of hydrogen-bond donors (Lipinski definition) is 2. The summed E-state index contributed by atoms with van der Waals surface area (Å²) in [5.41, 5.74) is 5.43. The van der Waals surface area contributed by atoms with E-state index in [2.05, 4.69) is 19.2 Å². The highest BCUT2D eigenvalue weighted by atomic mass is 16.2. The number of rotatable bonds is 4. The van der Waals surface area contributed by atoms with E-state index in [4.69, 9.17) is 5.73 Å². The molecule has 0 aliphatic carbocycles. The summed E-state index contributed by atoms with van der Waals surface area (Å²) in [4.78, 5) is 13.6. The van der Waals surface area contributed by atoms with Gasteiger partial charge in [0.25, 0.3) is 0 Å². The fraction of sp³-hybridized carbons (Fsp3) is 0.909. The van der Waals surface area contributed by atoms with Crippen LogP contribution in [0.5, 0.6) is 0 Å². The molecule has 15 heavy (non-hydrogen) atoms. The molecule has 88 valence electrons. The number of carbonyl (C=O) groups excluding carboxylic acids is 1. The molecule has 1 unspecified atom stereocenters. The topological polar surface area (TPSA) is 58.4 Å². The van der Waals surface area contributed by atoms with Gasteiger partial charge in [-0.3, -0.25) is 0 Å². The lowest BCUT2D eigenvalue weighted by atomic mass is 10.0. The van der Waals surface area contributed by atoms with E-state index in [-0.39, 0.29) is 17.6 Å². The fourth-order valence-corrected chi connectivity index (χ4v) is 1.94. The second kappa shape index (κ2) is 4.39. The van der Waals surface area contributed by atoms with E-state index in [1.165, 1.54) is 0 Å². The summed E-state index contributed by atoms with van der Waals surface area (Å²) in [5.74, 6) is 0.608. The van der Waals surface area contributed by atoms with Crippen LogP contribution in [0, 0.1) is 5.92 Å². The molecule has 0 spiro atoms. The van der Waals surface area contributed by atoms with Crippen LogP contribution in [0.25, 0.3) is 0 Å². The number of nitrogens with zero attached hydrogens (tertiary/aromatic N) is 1. The van der Waals surface area contributed by atoms with Gasteiger partial charge in [0, 0.05) is 19.1 Å². The van der Waals surface area contributed by atoms with Gasteiger partial charge in [-0.2, -0.15) is 0 Å². The highest BCUT2D eigenvalue weighted by Gasteiger charge is 2.37. The van der Waals surface area contributed by atoms with Gasteiger partial charge in [-0.25, -0.2) is 4.79 Å². The maximum absolute atomic E-state index is 11.7. The van der Waals surface area contributed by atoms with Crippen molar-refractivity contribution in [2.75, 3.05) is 13.1 Å². The number of nitrogens with one attached hydrogen (secondary N) is 1. The van der Waals surface area contributed by atoms with E-state index >= 15 is 0 Å². The first-order chi connectivity index (χ1) is 6.86. The Kier molecular flexibility index (Phi) is 3.60. The second-order valence-corrected chi connectivity index (χ2v) is 5.40. The van der Waals surface area contributed by atoms with Gasteiger partial charge < -0.3 is 16.0 Å². The summed E-state index contributed by atoms with van der Waals surface area (Å²) in [6.45, 7) is 9.62.